The second kappa shape index (κ2) is 4.71. The van der Waals surface area contributed by atoms with Crippen LogP contribution in [0.15, 0.2) is 46.9 Å². The first-order chi connectivity index (χ1) is 7.68. The van der Waals surface area contributed by atoms with Gasteiger partial charge in [-0.2, -0.15) is 0 Å². The van der Waals surface area contributed by atoms with Crippen molar-refractivity contribution in [3.05, 3.63) is 63.6 Å². The molecular weight excluding hydrogens is 262 g/mol. The lowest BCUT2D eigenvalue weighted by molar-refractivity contribution is 1.16. The lowest BCUT2D eigenvalue weighted by Gasteiger charge is -2.09. The van der Waals surface area contributed by atoms with Crippen LogP contribution in [-0.4, -0.2) is 0 Å². The third-order valence-electron chi connectivity index (χ3n) is 2.79. The maximum absolute atomic E-state index is 6.03. The average Bonchev–Trinajstić information content (AvgIpc) is 2.28. The Morgan fingerprint density at radius 1 is 1.00 bits per heavy atom. The molecule has 0 unspecified atom stereocenters. The van der Waals surface area contributed by atoms with E-state index < -0.39 is 0 Å². The molecule has 0 aliphatic rings. The summed E-state index contributed by atoms with van der Waals surface area (Å²) in [5.41, 5.74) is 10.7. The molecule has 0 radical (unpaired) electrons. The Kier molecular flexibility index (Phi) is 3.30. The quantitative estimate of drug-likeness (QED) is 0.826. The van der Waals surface area contributed by atoms with E-state index in [0.29, 0.717) is 0 Å². The van der Waals surface area contributed by atoms with Crippen LogP contribution in [0.4, 0.5) is 5.69 Å². The van der Waals surface area contributed by atoms with Gasteiger partial charge in [0, 0.05) is 10.2 Å². The Balaban J connectivity index is 2.35. The number of rotatable bonds is 2. The van der Waals surface area contributed by atoms with Crippen molar-refractivity contribution in [1.82, 2.24) is 0 Å². The van der Waals surface area contributed by atoms with Crippen molar-refractivity contribution in [3.8, 4) is 0 Å². The summed E-state index contributed by atoms with van der Waals surface area (Å²) >= 11 is 3.45. The molecule has 0 aromatic heterocycles. The van der Waals surface area contributed by atoms with E-state index in [1.54, 1.807) is 0 Å². The molecule has 0 spiro atoms. The van der Waals surface area contributed by atoms with Gasteiger partial charge in [-0.15, -0.1) is 0 Å². The first-order valence-electron chi connectivity index (χ1n) is 5.26. The highest BCUT2D eigenvalue weighted by atomic mass is 79.9. The SMILES string of the molecule is Cc1ccccc1Cc1cccc(Br)c1N. The number of benzene rings is 2. The maximum Gasteiger partial charge on any atom is 0.0494 e. The van der Waals surface area contributed by atoms with E-state index in [1.165, 1.54) is 16.7 Å². The third kappa shape index (κ3) is 2.27. The summed E-state index contributed by atoms with van der Waals surface area (Å²) in [4.78, 5) is 0. The summed E-state index contributed by atoms with van der Waals surface area (Å²) in [6.45, 7) is 2.13. The Morgan fingerprint density at radius 3 is 2.44 bits per heavy atom. The van der Waals surface area contributed by atoms with Crippen LogP contribution in [0, 0.1) is 6.92 Å². The largest absolute Gasteiger partial charge is 0.398 e. The second-order valence-electron chi connectivity index (χ2n) is 3.92. The van der Waals surface area contributed by atoms with Gasteiger partial charge in [0.15, 0.2) is 0 Å². The molecule has 0 saturated carbocycles. The highest BCUT2D eigenvalue weighted by molar-refractivity contribution is 9.10. The van der Waals surface area contributed by atoms with E-state index in [2.05, 4.69) is 53.2 Å². The molecule has 0 aliphatic carbocycles. The van der Waals surface area contributed by atoms with E-state index in [0.717, 1.165) is 16.6 Å². The van der Waals surface area contributed by atoms with Crippen LogP contribution in [0.5, 0.6) is 0 Å². The fourth-order valence-corrected chi connectivity index (χ4v) is 2.16. The number of aryl methyl sites for hydroxylation is 1. The van der Waals surface area contributed by atoms with Crippen LogP contribution >= 0.6 is 15.9 Å². The van der Waals surface area contributed by atoms with Crippen LogP contribution in [0.25, 0.3) is 0 Å². The molecule has 2 heteroatoms. The van der Waals surface area contributed by atoms with Gasteiger partial charge < -0.3 is 5.73 Å². The maximum atomic E-state index is 6.03. The van der Waals surface area contributed by atoms with Crippen LogP contribution in [0.1, 0.15) is 16.7 Å². The molecule has 2 aromatic carbocycles. The fraction of sp³-hybridized carbons (Fsp3) is 0.143. The summed E-state index contributed by atoms with van der Waals surface area (Å²) in [7, 11) is 0. The van der Waals surface area contributed by atoms with Crippen molar-refractivity contribution in [2.24, 2.45) is 0 Å². The second-order valence-corrected chi connectivity index (χ2v) is 4.77. The number of para-hydroxylation sites is 1. The van der Waals surface area contributed by atoms with Gasteiger partial charge in [-0.05, 0) is 52.0 Å². The predicted molar refractivity (Wildman–Crippen MR) is 72.5 cm³/mol. The molecule has 0 bridgehead atoms. The minimum atomic E-state index is 0.839. The number of halogens is 1. The molecule has 1 nitrogen and oxygen atoms in total. The van der Waals surface area contributed by atoms with E-state index in [-0.39, 0.29) is 0 Å². The van der Waals surface area contributed by atoms with Crippen LogP contribution in [0.2, 0.25) is 0 Å². The van der Waals surface area contributed by atoms with E-state index in [9.17, 15) is 0 Å². The number of hydrogen-bond donors (Lipinski definition) is 1. The van der Waals surface area contributed by atoms with Crippen molar-refractivity contribution >= 4 is 21.6 Å². The number of nitrogens with two attached hydrogens (primary N) is 1. The normalized spacial score (nSPS) is 10.4. The fourth-order valence-electron chi connectivity index (χ4n) is 1.75. The van der Waals surface area contributed by atoms with Gasteiger partial charge in [0.05, 0.1) is 0 Å². The van der Waals surface area contributed by atoms with Crippen LogP contribution < -0.4 is 5.73 Å². The predicted octanol–water partition coefficient (Wildman–Crippen LogP) is 3.93. The first-order valence-corrected chi connectivity index (χ1v) is 6.05. The molecule has 0 fully saturated rings. The molecule has 0 atom stereocenters. The van der Waals surface area contributed by atoms with Crippen molar-refractivity contribution in [3.63, 3.8) is 0 Å². The number of anilines is 1. The summed E-state index contributed by atoms with van der Waals surface area (Å²) in [5.74, 6) is 0. The number of hydrogen-bond acceptors (Lipinski definition) is 1. The Hall–Kier alpha value is -1.28. The Labute approximate surface area is 104 Å². The average molecular weight is 276 g/mol. The lowest BCUT2D eigenvalue weighted by atomic mass is 10.00. The van der Waals surface area contributed by atoms with Gasteiger partial charge in [0.2, 0.25) is 0 Å². The minimum absolute atomic E-state index is 0.839. The molecule has 0 saturated heterocycles. The van der Waals surface area contributed by atoms with Gasteiger partial charge in [-0.25, -0.2) is 0 Å². The molecule has 0 amide bonds. The zero-order chi connectivity index (χ0) is 11.5. The summed E-state index contributed by atoms with van der Waals surface area (Å²) in [6.07, 6.45) is 0.887. The van der Waals surface area contributed by atoms with Gasteiger partial charge >= 0.3 is 0 Å². The summed E-state index contributed by atoms with van der Waals surface area (Å²) in [5, 5.41) is 0. The molecule has 0 aliphatic heterocycles. The highest BCUT2D eigenvalue weighted by Gasteiger charge is 2.04. The van der Waals surface area contributed by atoms with E-state index >= 15 is 0 Å². The Bertz CT molecular complexity index is 506. The first kappa shape index (κ1) is 11.2. The van der Waals surface area contributed by atoms with Gasteiger partial charge in [-0.3, -0.25) is 0 Å². The smallest absolute Gasteiger partial charge is 0.0494 e. The molecule has 0 heterocycles. The molecular formula is C14H14BrN. The van der Waals surface area contributed by atoms with E-state index in [4.69, 9.17) is 5.73 Å². The van der Waals surface area contributed by atoms with Crippen LogP contribution in [-0.2, 0) is 6.42 Å². The molecule has 2 rings (SSSR count). The molecule has 2 N–H and O–H groups in total. The molecule has 16 heavy (non-hydrogen) atoms. The minimum Gasteiger partial charge on any atom is -0.398 e. The third-order valence-corrected chi connectivity index (χ3v) is 3.48. The summed E-state index contributed by atoms with van der Waals surface area (Å²) < 4.78 is 0.971. The van der Waals surface area contributed by atoms with Crippen molar-refractivity contribution in [2.45, 2.75) is 13.3 Å². The Morgan fingerprint density at radius 2 is 1.69 bits per heavy atom. The van der Waals surface area contributed by atoms with Crippen molar-refractivity contribution in [2.75, 3.05) is 5.73 Å². The lowest BCUT2D eigenvalue weighted by Crippen LogP contribution is -1.97. The molecule has 2 aromatic rings. The van der Waals surface area contributed by atoms with Crippen LogP contribution in [0.3, 0.4) is 0 Å². The zero-order valence-electron chi connectivity index (χ0n) is 9.20. The zero-order valence-corrected chi connectivity index (χ0v) is 10.8. The van der Waals surface area contributed by atoms with Gasteiger partial charge in [0.1, 0.15) is 0 Å². The number of nitrogen functional groups attached to an aromatic ring is 1. The van der Waals surface area contributed by atoms with Gasteiger partial charge in [-0.1, -0.05) is 36.4 Å². The van der Waals surface area contributed by atoms with E-state index in [1.807, 2.05) is 12.1 Å². The molecule has 82 valence electrons. The monoisotopic (exact) mass is 275 g/mol. The standard InChI is InChI=1S/C14H14BrN/c1-10-5-2-3-6-11(10)9-12-7-4-8-13(15)14(12)16/h2-8H,9,16H2,1H3. The van der Waals surface area contributed by atoms with Crippen molar-refractivity contribution < 1.29 is 0 Å². The highest BCUT2D eigenvalue weighted by Crippen LogP contribution is 2.25. The summed E-state index contributed by atoms with van der Waals surface area (Å²) in [6, 6.07) is 14.5. The topological polar surface area (TPSA) is 26.0 Å². The van der Waals surface area contributed by atoms with Gasteiger partial charge in [0.25, 0.3) is 0 Å². The van der Waals surface area contributed by atoms with Crippen molar-refractivity contribution in [1.29, 1.82) is 0 Å².